The van der Waals surface area contributed by atoms with Crippen molar-refractivity contribution in [3.05, 3.63) is 59.7 Å². The summed E-state index contributed by atoms with van der Waals surface area (Å²) in [5, 5.41) is 5.29. The van der Waals surface area contributed by atoms with E-state index in [0.29, 0.717) is 17.0 Å². The molecule has 2 amide bonds. The number of ether oxygens (including phenoxy) is 1. The molecule has 2 aromatic carbocycles. The molecule has 1 atom stereocenters. The highest BCUT2D eigenvalue weighted by molar-refractivity contribution is 5.89. The molecule has 1 unspecified atom stereocenters. The van der Waals surface area contributed by atoms with E-state index >= 15 is 0 Å². The van der Waals surface area contributed by atoms with Gasteiger partial charge in [-0.3, -0.25) is 0 Å². The van der Waals surface area contributed by atoms with Gasteiger partial charge in [-0.05, 0) is 36.8 Å². The van der Waals surface area contributed by atoms with Crippen molar-refractivity contribution in [1.29, 1.82) is 0 Å². The van der Waals surface area contributed by atoms with Gasteiger partial charge in [0.1, 0.15) is 5.75 Å². The highest BCUT2D eigenvalue weighted by atomic mass is 19.2. The van der Waals surface area contributed by atoms with Gasteiger partial charge in [-0.25, -0.2) is 13.6 Å². The van der Waals surface area contributed by atoms with Gasteiger partial charge in [0.15, 0.2) is 11.6 Å². The van der Waals surface area contributed by atoms with Crippen LogP contribution in [0.1, 0.15) is 18.5 Å². The van der Waals surface area contributed by atoms with E-state index in [4.69, 9.17) is 4.74 Å². The Morgan fingerprint density at radius 3 is 2.59 bits per heavy atom. The maximum Gasteiger partial charge on any atom is 0.319 e. The van der Waals surface area contributed by atoms with Crippen molar-refractivity contribution < 1.29 is 18.3 Å². The summed E-state index contributed by atoms with van der Waals surface area (Å²) in [6, 6.07) is 9.47. The van der Waals surface area contributed by atoms with Crippen LogP contribution < -0.4 is 15.4 Å². The van der Waals surface area contributed by atoms with Gasteiger partial charge in [0.05, 0.1) is 13.2 Å². The SMILES string of the molecule is COc1cccc(NC(=O)NC(C)c2ccc(F)c(F)c2)c1. The van der Waals surface area contributed by atoms with E-state index in [1.165, 1.54) is 13.2 Å². The first-order valence-electron chi connectivity index (χ1n) is 6.66. The van der Waals surface area contributed by atoms with Crippen LogP contribution in [0.4, 0.5) is 19.3 Å². The van der Waals surface area contributed by atoms with Gasteiger partial charge in [0, 0.05) is 11.8 Å². The highest BCUT2D eigenvalue weighted by Gasteiger charge is 2.12. The zero-order valence-corrected chi connectivity index (χ0v) is 12.2. The number of anilines is 1. The van der Waals surface area contributed by atoms with Gasteiger partial charge < -0.3 is 15.4 Å². The molecule has 4 nitrogen and oxygen atoms in total. The lowest BCUT2D eigenvalue weighted by Crippen LogP contribution is -2.31. The molecule has 0 aliphatic heterocycles. The van der Waals surface area contributed by atoms with E-state index in [9.17, 15) is 13.6 Å². The third-order valence-corrected chi connectivity index (χ3v) is 3.12. The second-order valence-electron chi connectivity index (χ2n) is 4.73. The lowest BCUT2D eigenvalue weighted by molar-refractivity contribution is 0.249. The fourth-order valence-corrected chi connectivity index (χ4v) is 1.93. The second kappa shape index (κ2) is 6.89. The topological polar surface area (TPSA) is 50.4 Å². The number of halogens is 2. The quantitative estimate of drug-likeness (QED) is 0.901. The lowest BCUT2D eigenvalue weighted by Gasteiger charge is -2.15. The van der Waals surface area contributed by atoms with Crippen LogP contribution in [0.3, 0.4) is 0 Å². The number of hydrogen-bond acceptors (Lipinski definition) is 2. The molecule has 0 spiro atoms. The Kier molecular flexibility index (Phi) is 4.93. The number of methoxy groups -OCH3 is 1. The Balaban J connectivity index is 2.00. The predicted molar refractivity (Wildman–Crippen MR) is 79.9 cm³/mol. The summed E-state index contributed by atoms with van der Waals surface area (Å²) in [5.41, 5.74) is 1.04. The number of urea groups is 1. The van der Waals surface area contributed by atoms with Gasteiger partial charge in [-0.2, -0.15) is 0 Å². The van der Waals surface area contributed by atoms with Crippen LogP contribution >= 0.6 is 0 Å². The van der Waals surface area contributed by atoms with Crippen LogP contribution in [-0.4, -0.2) is 13.1 Å². The number of carbonyl (C=O) groups excluding carboxylic acids is 1. The molecule has 6 heteroatoms. The van der Waals surface area contributed by atoms with Crippen LogP contribution in [0.5, 0.6) is 5.75 Å². The lowest BCUT2D eigenvalue weighted by atomic mass is 10.1. The summed E-state index contributed by atoms with van der Waals surface area (Å²) in [6.07, 6.45) is 0. The average Bonchev–Trinajstić information content (AvgIpc) is 2.50. The molecule has 0 aliphatic carbocycles. The molecule has 0 saturated carbocycles. The molecule has 2 aromatic rings. The summed E-state index contributed by atoms with van der Waals surface area (Å²) >= 11 is 0. The van der Waals surface area contributed by atoms with Crippen molar-refractivity contribution in [3.63, 3.8) is 0 Å². The molecule has 22 heavy (non-hydrogen) atoms. The van der Waals surface area contributed by atoms with E-state index in [2.05, 4.69) is 10.6 Å². The number of carbonyl (C=O) groups is 1. The van der Waals surface area contributed by atoms with Crippen LogP contribution in [0.2, 0.25) is 0 Å². The number of amides is 2. The van der Waals surface area contributed by atoms with Crippen LogP contribution in [-0.2, 0) is 0 Å². The monoisotopic (exact) mass is 306 g/mol. The van der Waals surface area contributed by atoms with Gasteiger partial charge >= 0.3 is 6.03 Å². The van der Waals surface area contributed by atoms with Crippen molar-refractivity contribution in [2.45, 2.75) is 13.0 Å². The Morgan fingerprint density at radius 1 is 1.14 bits per heavy atom. The van der Waals surface area contributed by atoms with Gasteiger partial charge in [0.25, 0.3) is 0 Å². The van der Waals surface area contributed by atoms with Crippen LogP contribution in [0, 0.1) is 11.6 Å². The number of rotatable bonds is 4. The van der Waals surface area contributed by atoms with E-state index in [1.807, 2.05) is 0 Å². The number of benzene rings is 2. The van der Waals surface area contributed by atoms with Crippen molar-refractivity contribution >= 4 is 11.7 Å². The Hall–Kier alpha value is -2.63. The first-order chi connectivity index (χ1) is 10.5. The Bertz CT molecular complexity index is 677. The summed E-state index contributed by atoms with van der Waals surface area (Å²) in [5.74, 6) is -1.25. The fraction of sp³-hybridized carbons (Fsp3) is 0.188. The first-order valence-corrected chi connectivity index (χ1v) is 6.66. The highest BCUT2D eigenvalue weighted by Crippen LogP contribution is 2.18. The Labute approximate surface area is 127 Å². The van der Waals surface area contributed by atoms with Crippen molar-refractivity contribution in [1.82, 2.24) is 5.32 Å². The molecule has 0 radical (unpaired) electrons. The number of hydrogen-bond donors (Lipinski definition) is 2. The minimum absolute atomic E-state index is 0.453. The smallest absolute Gasteiger partial charge is 0.319 e. The largest absolute Gasteiger partial charge is 0.497 e. The molecule has 0 fully saturated rings. The average molecular weight is 306 g/mol. The van der Waals surface area contributed by atoms with Crippen molar-refractivity contribution in [3.8, 4) is 5.75 Å². The molecule has 0 bridgehead atoms. The zero-order valence-electron chi connectivity index (χ0n) is 12.2. The fourth-order valence-electron chi connectivity index (χ4n) is 1.93. The maximum atomic E-state index is 13.2. The molecule has 116 valence electrons. The molecule has 0 aromatic heterocycles. The molecule has 0 aliphatic rings. The van der Waals surface area contributed by atoms with Crippen molar-refractivity contribution in [2.75, 3.05) is 12.4 Å². The predicted octanol–water partition coefficient (Wildman–Crippen LogP) is 3.86. The van der Waals surface area contributed by atoms with Crippen LogP contribution in [0.25, 0.3) is 0 Å². The van der Waals surface area contributed by atoms with E-state index in [1.54, 1.807) is 31.2 Å². The van der Waals surface area contributed by atoms with Gasteiger partial charge in [-0.1, -0.05) is 12.1 Å². The maximum absolute atomic E-state index is 13.2. The summed E-state index contributed by atoms with van der Waals surface area (Å²) < 4.78 is 31.1. The number of nitrogens with one attached hydrogen (secondary N) is 2. The summed E-state index contributed by atoms with van der Waals surface area (Å²) in [6.45, 7) is 1.68. The standard InChI is InChI=1S/C16H16F2N2O2/c1-10(11-6-7-14(17)15(18)8-11)19-16(21)20-12-4-3-5-13(9-12)22-2/h3-10H,1-2H3,(H2,19,20,21). The second-order valence-corrected chi connectivity index (χ2v) is 4.73. The zero-order chi connectivity index (χ0) is 16.1. The summed E-state index contributed by atoms with van der Waals surface area (Å²) in [7, 11) is 1.53. The van der Waals surface area contributed by atoms with Gasteiger partial charge in [0.2, 0.25) is 0 Å². The molecule has 0 saturated heterocycles. The van der Waals surface area contributed by atoms with E-state index in [-0.39, 0.29) is 0 Å². The third kappa shape index (κ3) is 3.94. The van der Waals surface area contributed by atoms with Crippen LogP contribution in [0.15, 0.2) is 42.5 Å². The molecular formula is C16H16F2N2O2. The van der Waals surface area contributed by atoms with E-state index < -0.39 is 23.7 Å². The summed E-state index contributed by atoms with van der Waals surface area (Å²) in [4.78, 5) is 11.9. The third-order valence-electron chi connectivity index (χ3n) is 3.12. The molecular weight excluding hydrogens is 290 g/mol. The van der Waals surface area contributed by atoms with E-state index in [0.717, 1.165) is 12.1 Å². The van der Waals surface area contributed by atoms with Crippen molar-refractivity contribution in [2.24, 2.45) is 0 Å². The Morgan fingerprint density at radius 2 is 1.91 bits per heavy atom. The minimum Gasteiger partial charge on any atom is -0.497 e. The van der Waals surface area contributed by atoms with Gasteiger partial charge in [-0.15, -0.1) is 0 Å². The molecule has 2 N–H and O–H groups in total. The normalized spacial score (nSPS) is 11.6. The first kappa shape index (κ1) is 15.8. The molecule has 0 heterocycles. The molecule has 2 rings (SSSR count). The minimum atomic E-state index is -0.945.